The summed E-state index contributed by atoms with van der Waals surface area (Å²) in [5, 5.41) is 0. The topological polar surface area (TPSA) is 68.3 Å². The van der Waals surface area contributed by atoms with Gasteiger partial charge >= 0.3 is 0 Å². The Morgan fingerprint density at radius 1 is 0.938 bits per heavy atom. The van der Waals surface area contributed by atoms with Crippen molar-refractivity contribution in [2.75, 3.05) is 41.5 Å². The molecular formula is C25H32N2O5. The molecule has 32 heavy (non-hydrogen) atoms. The summed E-state index contributed by atoms with van der Waals surface area (Å²) in [5.74, 6) is 1.73. The molecule has 0 radical (unpaired) electrons. The minimum Gasteiger partial charge on any atom is -0.493 e. The van der Waals surface area contributed by atoms with Crippen molar-refractivity contribution in [3.05, 3.63) is 42.0 Å². The Labute approximate surface area is 189 Å². The Morgan fingerprint density at radius 3 is 2.09 bits per heavy atom. The molecule has 2 aromatic carbocycles. The molecule has 3 rings (SSSR count). The average molecular weight is 441 g/mol. The number of methoxy groups -OCH3 is 3. The van der Waals surface area contributed by atoms with Crippen molar-refractivity contribution in [3.8, 4) is 28.4 Å². The van der Waals surface area contributed by atoms with E-state index in [0.29, 0.717) is 30.2 Å². The highest BCUT2D eigenvalue weighted by Gasteiger charge is 2.36. The van der Waals surface area contributed by atoms with Gasteiger partial charge in [0.25, 0.3) is 0 Å². The van der Waals surface area contributed by atoms with Crippen LogP contribution in [-0.2, 0) is 16.0 Å². The molecule has 1 atom stereocenters. The normalized spacial score (nSPS) is 16.3. The van der Waals surface area contributed by atoms with Gasteiger partial charge in [-0.15, -0.1) is 0 Å². The molecule has 2 amide bonds. The number of amides is 2. The lowest BCUT2D eigenvalue weighted by atomic mass is 9.98. The molecule has 2 aromatic rings. The van der Waals surface area contributed by atoms with Gasteiger partial charge in [-0.25, -0.2) is 0 Å². The highest BCUT2D eigenvalue weighted by molar-refractivity contribution is 5.95. The van der Waals surface area contributed by atoms with E-state index in [1.54, 1.807) is 38.2 Å². The van der Waals surface area contributed by atoms with Crippen LogP contribution < -0.4 is 14.2 Å². The number of likely N-dealkylation sites (N-methyl/N-ethyl adjacent to an activating group) is 1. The quantitative estimate of drug-likeness (QED) is 0.598. The van der Waals surface area contributed by atoms with Gasteiger partial charge in [0.15, 0.2) is 11.5 Å². The number of benzene rings is 2. The zero-order valence-electron chi connectivity index (χ0n) is 19.5. The summed E-state index contributed by atoms with van der Waals surface area (Å²) in [6.45, 7) is 2.88. The van der Waals surface area contributed by atoms with E-state index in [4.69, 9.17) is 14.2 Å². The maximum absolute atomic E-state index is 13.0. The Hall–Kier alpha value is -3.22. The van der Waals surface area contributed by atoms with E-state index >= 15 is 0 Å². The lowest BCUT2D eigenvalue weighted by molar-refractivity contribution is -0.154. The predicted molar refractivity (Wildman–Crippen MR) is 123 cm³/mol. The first-order valence-electron chi connectivity index (χ1n) is 10.9. The van der Waals surface area contributed by atoms with Crippen LogP contribution in [0.25, 0.3) is 11.1 Å². The van der Waals surface area contributed by atoms with Gasteiger partial charge in [0.2, 0.25) is 17.6 Å². The first-order chi connectivity index (χ1) is 15.4. The number of nitrogens with zero attached hydrogens (tertiary/aromatic N) is 2. The van der Waals surface area contributed by atoms with Crippen molar-refractivity contribution in [3.63, 3.8) is 0 Å². The third kappa shape index (κ3) is 4.82. The highest BCUT2D eigenvalue weighted by atomic mass is 16.5. The van der Waals surface area contributed by atoms with Crippen molar-refractivity contribution < 1.29 is 23.8 Å². The second-order valence-corrected chi connectivity index (χ2v) is 7.95. The summed E-state index contributed by atoms with van der Waals surface area (Å²) >= 11 is 0. The molecule has 7 nitrogen and oxygen atoms in total. The van der Waals surface area contributed by atoms with E-state index in [9.17, 15) is 9.59 Å². The predicted octanol–water partition coefficient (Wildman–Crippen LogP) is 3.39. The molecule has 0 saturated carbocycles. The fraction of sp³-hybridized carbons (Fsp3) is 0.440. The number of carbonyl (C=O) groups is 2. The average Bonchev–Trinajstić information content (AvgIpc) is 2.82. The molecule has 1 saturated heterocycles. The maximum Gasteiger partial charge on any atom is 0.246 e. The van der Waals surface area contributed by atoms with Gasteiger partial charge in [0.05, 0.1) is 27.9 Å². The summed E-state index contributed by atoms with van der Waals surface area (Å²) < 4.78 is 16.3. The first-order valence-corrected chi connectivity index (χ1v) is 10.9. The van der Waals surface area contributed by atoms with Crippen LogP contribution in [0.1, 0.15) is 25.3 Å². The lowest BCUT2D eigenvalue weighted by Gasteiger charge is -2.38. The number of piperazine rings is 1. The van der Waals surface area contributed by atoms with E-state index in [0.717, 1.165) is 29.5 Å². The van der Waals surface area contributed by atoms with Crippen molar-refractivity contribution in [2.45, 2.75) is 32.2 Å². The summed E-state index contributed by atoms with van der Waals surface area (Å²) in [6.07, 6.45) is 2.37. The molecule has 0 aliphatic carbocycles. The summed E-state index contributed by atoms with van der Waals surface area (Å²) in [5.41, 5.74) is 2.91. The molecule has 1 unspecified atom stereocenters. The Kier molecular flexibility index (Phi) is 7.62. The molecule has 7 heteroatoms. The zero-order valence-corrected chi connectivity index (χ0v) is 19.5. The maximum atomic E-state index is 13.0. The van der Waals surface area contributed by atoms with Crippen molar-refractivity contribution in [1.82, 2.24) is 9.80 Å². The molecule has 0 bridgehead atoms. The van der Waals surface area contributed by atoms with E-state index in [2.05, 4.69) is 6.92 Å². The van der Waals surface area contributed by atoms with Gasteiger partial charge in [0.1, 0.15) is 6.04 Å². The van der Waals surface area contributed by atoms with Gasteiger partial charge in [-0.1, -0.05) is 37.6 Å². The van der Waals surface area contributed by atoms with E-state index < -0.39 is 6.04 Å². The van der Waals surface area contributed by atoms with Gasteiger partial charge in [-0.05, 0) is 35.2 Å². The first kappa shape index (κ1) is 23.4. The summed E-state index contributed by atoms with van der Waals surface area (Å²) in [6, 6.07) is 11.3. The Morgan fingerprint density at radius 2 is 1.56 bits per heavy atom. The van der Waals surface area contributed by atoms with Crippen LogP contribution in [0.3, 0.4) is 0 Å². The molecule has 1 aliphatic rings. The van der Waals surface area contributed by atoms with Crippen molar-refractivity contribution in [2.24, 2.45) is 0 Å². The molecule has 0 spiro atoms. The largest absolute Gasteiger partial charge is 0.493 e. The third-order valence-corrected chi connectivity index (χ3v) is 5.95. The van der Waals surface area contributed by atoms with E-state index in [-0.39, 0.29) is 18.4 Å². The molecule has 1 fully saturated rings. The molecule has 0 N–H and O–H groups in total. The Bertz CT molecular complexity index is 932. The highest BCUT2D eigenvalue weighted by Crippen LogP contribution is 2.41. The number of unbranched alkanes of at least 4 members (excludes halogenated alkanes) is 1. The monoisotopic (exact) mass is 440 g/mol. The summed E-state index contributed by atoms with van der Waals surface area (Å²) in [4.78, 5) is 28.7. The fourth-order valence-corrected chi connectivity index (χ4v) is 3.97. The minimum atomic E-state index is -0.472. The van der Waals surface area contributed by atoms with E-state index in [1.807, 2.05) is 36.4 Å². The van der Waals surface area contributed by atoms with Crippen LogP contribution >= 0.6 is 0 Å². The van der Waals surface area contributed by atoms with Gasteiger partial charge in [-0.2, -0.15) is 0 Å². The summed E-state index contributed by atoms with van der Waals surface area (Å²) in [7, 11) is 6.47. The fourth-order valence-electron chi connectivity index (χ4n) is 3.97. The van der Waals surface area contributed by atoms with Crippen LogP contribution in [0.15, 0.2) is 36.4 Å². The SMILES string of the molecule is CCCCN1CC(=O)N(C)C(Cc2ccc(-c3cc(OC)c(OC)c(OC)c3)cc2)C1=O. The second kappa shape index (κ2) is 10.4. The van der Waals surface area contributed by atoms with Crippen LogP contribution in [0.4, 0.5) is 0 Å². The van der Waals surface area contributed by atoms with Crippen LogP contribution in [0.5, 0.6) is 17.2 Å². The molecule has 0 aromatic heterocycles. The number of hydrogen-bond acceptors (Lipinski definition) is 5. The second-order valence-electron chi connectivity index (χ2n) is 7.95. The molecule has 1 heterocycles. The zero-order chi connectivity index (χ0) is 23.3. The standard InChI is InChI=1S/C25H32N2O5/c1-6-7-12-27-16-23(28)26(2)20(25(27)29)13-17-8-10-18(11-9-17)19-14-21(30-3)24(32-5)22(15-19)31-4/h8-11,14-15,20H,6-7,12-13,16H2,1-5H3. The molecule has 172 valence electrons. The minimum absolute atomic E-state index is 0.0141. The van der Waals surface area contributed by atoms with Crippen molar-refractivity contribution >= 4 is 11.8 Å². The number of hydrogen-bond donors (Lipinski definition) is 0. The molecular weight excluding hydrogens is 408 g/mol. The van der Waals surface area contributed by atoms with Gasteiger partial charge in [-0.3, -0.25) is 9.59 Å². The third-order valence-electron chi connectivity index (χ3n) is 5.95. The van der Waals surface area contributed by atoms with Gasteiger partial charge < -0.3 is 24.0 Å². The van der Waals surface area contributed by atoms with Crippen LogP contribution in [0.2, 0.25) is 0 Å². The van der Waals surface area contributed by atoms with Crippen LogP contribution in [-0.4, -0.2) is 69.1 Å². The number of carbonyl (C=O) groups excluding carboxylic acids is 2. The lowest BCUT2D eigenvalue weighted by Crippen LogP contribution is -2.59. The number of ether oxygens (including phenoxy) is 3. The molecule has 1 aliphatic heterocycles. The van der Waals surface area contributed by atoms with Crippen LogP contribution in [0, 0.1) is 0 Å². The number of rotatable bonds is 9. The van der Waals surface area contributed by atoms with Crippen molar-refractivity contribution in [1.29, 1.82) is 0 Å². The smallest absolute Gasteiger partial charge is 0.246 e. The Balaban J connectivity index is 1.81. The van der Waals surface area contributed by atoms with Gasteiger partial charge in [0, 0.05) is 20.0 Å². The van der Waals surface area contributed by atoms with E-state index in [1.165, 1.54) is 0 Å².